The molecule has 2 heterocycles. The highest BCUT2D eigenvalue weighted by atomic mass is 35.5. The number of thiophene rings is 1. The second kappa shape index (κ2) is 9.64. The van der Waals surface area contributed by atoms with Gasteiger partial charge in [0.2, 0.25) is 0 Å². The van der Waals surface area contributed by atoms with E-state index in [4.69, 9.17) is 5.41 Å². The lowest BCUT2D eigenvalue weighted by atomic mass is 9.96. The van der Waals surface area contributed by atoms with Gasteiger partial charge in [-0.1, -0.05) is 12.1 Å². The number of halogens is 2. The molecule has 33 heavy (non-hydrogen) atoms. The van der Waals surface area contributed by atoms with Crippen molar-refractivity contribution >= 4 is 63.2 Å². The van der Waals surface area contributed by atoms with E-state index in [0.717, 1.165) is 37.6 Å². The Bertz CT molecular complexity index is 1360. The summed E-state index contributed by atoms with van der Waals surface area (Å²) in [5.74, 6) is 0.703. The third kappa shape index (κ3) is 4.72. The minimum absolute atomic E-state index is 0. The molecule has 1 aliphatic rings. The van der Waals surface area contributed by atoms with Gasteiger partial charge in [0.25, 0.3) is 0 Å². The molecule has 6 nitrogen and oxygen atoms in total. The molecule has 0 radical (unpaired) electrons. The summed E-state index contributed by atoms with van der Waals surface area (Å²) in [4.78, 5) is 22.7. The first kappa shape index (κ1) is 22.8. The van der Waals surface area contributed by atoms with Crippen LogP contribution in [0.25, 0.3) is 10.2 Å². The number of aromatic nitrogens is 2. The molecule has 4 aromatic rings. The van der Waals surface area contributed by atoms with Crippen LogP contribution in [0.1, 0.15) is 28.0 Å². The Morgan fingerprint density at radius 2 is 2.03 bits per heavy atom. The van der Waals surface area contributed by atoms with E-state index >= 15 is 0 Å². The first-order valence-electron chi connectivity index (χ1n) is 10.3. The molecule has 9 heteroatoms. The number of hydrogen-bond acceptors (Lipinski definition) is 7. The van der Waals surface area contributed by atoms with E-state index in [-0.39, 0.29) is 24.0 Å². The monoisotopic (exact) mass is 481 g/mol. The number of Topliss-reactive ketones (excluding diaryl/α,β-unsaturated/α-hetero) is 1. The Morgan fingerprint density at radius 1 is 1.15 bits per heavy atom. The Morgan fingerprint density at radius 3 is 2.85 bits per heavy atom. The first-order valence-corrected chi connectivity index (χ1v) is 11.1. The first-order chi connectivity index (χ1) is 15.6. The van der Waals surface area contributed by atoms with E-state index in [0.29, 0.717) is 37.2 Å². The van der Waals surface area contributed by atoms with Crippen LogP contribution < -0.4 is 10.6 Å². The Hall–Kier alpha value is -3.36. The van der Waals surface area contributed by atoms with Gasteiger partial charge in [-0.05, 0) is 47.9 Å². The maximum Gasteiger partial charge on any atom is 0.142 e. The zero-order chi connectivity index (χ0) is 22.1. The third-order valence-corrected chi connectivity index (χ3v) is 6.66. The number of nitrogens with one attached hydrogen (secondary N) is 3. The summed E-state index contributed by atoms with van der Waals surface area (Å²) in [5, 5.41) is 15.4. The summed E-state index contributed by atoms with van der Waals surface area (Å²) in [6.07, 6.45) is 4.55. The van der Waals surface area contributed by atoms with E-state index in [9.17, 15) is 9.18 Å². The van der Waals surface area contributed by atoms with Crippen molar-refractivity contribution in [3.63, 3.8) is 0 Å². The van der Waals surface area contributed by atoms with Crippen LogP contribution in [0.4, 0.5) is 21.6 Å². The molecular weight excluding hydrogens is 461 g/mol. The van der Waals surface area contributed by atoms with Crippen molar-refractivity contribution in [2.24, 2.45) is 0 Å². The summed E-state index contributed by atoms with van der Waals surface area (Å²) in [7, 11) is 0. The second-order valence-electron chi connectivity index (χ2n) is 7.68. The maximum atomic E-state index is 13.4. The van der Waals surface area contributed by atoms with Crippen molar-refractivity contribution in [3.8, 4) is 0 Å². The average Bonchev–Trinajstić information content (AvgIpc) is 3.16. The SMILES string of the molecule is Cl.N=Cc1cc(Nc2ncnc3sc4c(c23)CCC(=O)C4)ccc1NCc1cccc(F)c1. The maximum absolute atomic E-state index is 13.4. The second-order valence-corrected chi connectivity index (χ2v) is 8.76. The van der Waals surface area contributed by atoms with Crippen LogP contribution in [-0.2, 0) is 24.2 Å². The zero-order valence-corrected chi connectivity index (χ0v) is 19.2. The van der Waals surface area contributed by atoms with Crippen LogP contribution in [0.2, 0.25) is 0 Å². The highest BCUT2D eigenvalue weighted by molar-refractivity contribution is 7.19. The number of anilines is 3. The number of rotatable bonds is 6. The smallest absolute Gasteiger partial charge is 0.142 e. The van der Waals surface area contributed by atoms with Crippen LogP contribution in [0.15, 0.2) is 48.8 Å². The quantitative estimate of drug-likeness (QED) is 0.309. The Kier molecular flexibility index (Phi) is 6.67. The van der Waals surface area contributed by atoms with E-state index in [1.165, 1.54) is 24.7 Å². The fourth-order valence-electron chi connectivity index (χ4n) is 3.97. The summed E-state index contributed by atoms with van der Waals surface area (Å²) < 4.78 is 13.4. The standard InChI is InChI=1S/C24H20FN5OS.ClH/c25-16-3-1-2-14(8-16)12-27-20-7-4-17(9-15(20)11-26)30-23-22-19-6-5-18(31)10-21(19)32-24(22)29-13-28-23;/h1-4,7-9,11,13,26-27H,5-6,10,12H2,(H,28,29,30);1H. The summed E-state index contributed by atoms with van der Waals surface area (Å²) in [5.41, 5.74) is 4.27. The Labute approximate surface area is 200 Å². The number of fused-ring (bicyclic) bond motifs is 3. The zero-order valence-electron chi connectivity index (χ0n) is 17.5. The molecule has 2 aromatic carbocycles. The van der Waals surface area contributed by atoms with Gasteiger partial charge in [0.15, 0.2) is 0 Å². The molecule has 2 aromatic heterocycles. The van der Waals surface area contributed by atoms with Gasteiger partial charge in [0, 0.05) is 47.4 Å². The highest BCUT2D eigenvalue weighted by Gasteiger charge is 2.23. The predicted molar refractivity (Wildman–Crippen MR) is 133 cm³/mol. The molecule has 0 atom stereocenters. The largest absolute Gasteiger partial charge is 0.380 e. The lowest BCUT2D eigenvalue weighted by Crippen LogP contribution is -2.11. The highest BCUT2D eigenvalue weighted by Crippen LogP contribution is 2.38. The van der Waals surface area contributed by atoms with E-state index < -0.39 is 0 Å². The Balaban J connectivity index is 0.00000259. The van der Waals surface area contributed by atoms with Crippen molar-refractivity contribution in [2.45, 2.75) is 25.8 Å². The number of ketones is 1. The molecule has 1 aliphatic carbocycles. The van der Waals surface area contributed by atoms with Crippen LogP contribution in [0.5, 0.6) is 0 Å². The molecule has 0 fully saturated rings. The minimum Gasteiger partial charge on any atom is -0.380 e. The van der Waals surface area contributed by atoms with Crippen LogP contribution in [-0.4, -0.2) is 22.0 Å². The topological polar surface area (TPSA) is 90.8 Å². The molecule has 5 rings (SSSR count). The van der Waals surface area contributed by atoms with Crippen LogP contribution in [0, 0.1) is 11.2 Å². The van der Waals surface area contributed by atoms with Gasteiger partial charge in [-0.3, -0.25) is 4.79 Å². The van der Waals surface area contributed by atoms with Crippen molar-refractivity contribution in [3.05, 3.63) is 76.2 Å². The van der Waals surface area contributed by atoms with Gasteiger partial charge in [-0.25, -0.2) is 14.4 Å². The lowest BCUT2D eigenvalue weighted by molar-refractivity contribution is -0.118. The summed E-state index contributed by atoms with van der Waals surface area (Å²) in [6, 6.07) is 12.1. The van der Waals surface area contributed by atoms with Crippen molar-refractivity contribution in [2.75, 3.05) is 10.6 Å². The lowest BCUT2D eigenvalue weighted by Gasteiger charge is -2.14. The molecule has 0 spiro atoms. The molecule has 0 unspecified atom stereocenters. The molecular formula is C24H21ClFN5OS. The van der Waals surface area contributed by atoms with Gasteiger partial charge < -0.3 is 16.0 Å². The van der Waals surface area contributed by atoms with E-state index in [1.807, 2.05) is 24.3 Å². The van der Waals surface area contributed by atoms with Crippen molar-refractivity contribution in [1.29, 1.82) is 5.41 Å². The molecule has 0 saturated heterocycles. The molecule has 3 N–H and O–H groups in total. The minimum atomic E-state index is -0.271. The molecule has 0 aliphatic heterocycles. The van der Waals surface area contributed by atoms with Crippen LogP contribution >= 0.6 is 23.7 Å². The summed E-state index contributed by atoms with van der Waals surface area (Å²) in [6.45, 7) is 0.456. The number of nitrogens with zero attached hydrogens (tertiary/aromatic N) is 2. The average molecular weight is 482 g/mol. The normalized spacial score (nSPS) is 12.7. The number of carbonyl (C=O) groups is 1. The molecule has 0 amide bonds. The number of hydrogen-bond donors (Lipinski definition) is 3. The van der Waals surface area contributed by atoms with E-state index in [1.54, 1.807) is 17.4 Å². The molecule has 168 valence electrons. The van der Waals surface area contributed by atoms with Gasteiger partial charge in [-0.2, -0.15) is 0 Å². The fourth-order valence-corrected chi connectivity index (χ4v) is 5.19. The van der Waals surface area contributed by atoms with Gasteiger partial charge in [0.1, 0.15) is 28.6 Å². The van der Waals surface area contributed by atoms with Gasteiger partial charge in [-0.15, -0.1) is 23.7 Å². The van der Waals surface area contributed by atoms with Gasteiger partial charge >= 0.3 is 0 Å². The fraction of sp³-hybridized carbons (Fsp3) is 0.167. The van der Waals surface area contributed by atoms with Crippen LogP contribution in [0.3, 0.4) is 0 Å². The predicted octanol–water partition coefficient (Wildman–Crippen LogP) is 5.66. The molecule has 0 bridgehead atoms. The van der Waals surface area contributed by atoms with Gasteiger partial charge in [0.05, 0.1) is 5.39 Å². The molecule has 0 saturated carbocycles. The number of benzene rings is 2. The van der Waals surface area contributed by atoms with E-state index in [2.05, 4.69) is 20.6 Å². The third-order valence-electron chi connectivity index (χ3n) is 5.52. The summed E-state index contributed by atoms with van der Waals surface area (Å²) >= 11 is 1.56. The number of aryl methyl sites for hydroxylation is 1. The van der Waals surface area contributed by atoms with Crippen molar-refractivity contribution < 1.29 is 9.18 Å². The number of carbonyl (C=O) groups excluding carboxylic acids is 1. The van der Waals surface area contributed by atoms with Crippen molar-refractivity contribution in [1.82, 2.24) is 9.97 Å².